The second-order valence-corrected chi connectivity index (χ2v) is 4.17. The number of hydrogen-bond donors (Lipinski definition) is 1. The lowest BCUT2D eigenvalue weighted by Gasteiger charge is -2.07. The van der Waals surface area contributed by atoms with Gasteiger partial charge < -0.3 is 9.84 Å². The summed E-state index contributed by atoms with van der Waals surface area (Å²) in [7, 11) is 1.47. The second kappa shape index (κ2) is 5.19. The van der Waals surface area contributed by atoms with Crippen molar-refractivity contribution in [2.45, 2.75) is 6.92 Å². The lowest BCUT2D eigenvalue weighted by molar-refractivity contribution is -0.387. The highest BCUT2D eigenvalue weighted by Gasteiger charge is 2.22. The number of ether oxygens (including phenoxy) is 1. The number of nitrogens with zero attached hydrogens (tertiary/aromatic N) is 3. The number of nitro groups is 1. The predicted octanol–water partition coefficient (Wildman–Crippen LogP) is 2.27. The van der Waals surface area contributed by atoms with Gasteiger partial charge in [0.15, 0.2) is 0 Å². The summed E-state index contributed by atoms with van der Waals surface area (Å²) in [4.78, 5) is 20.8. The van der Waals surface area contributed by atoms with Crippen molar-refractivity contribution < 1.29 is 24.0 Å². The van der Waals surface area contributed by atoms with Crippen molar-refractivity contribution in [3.8, 4) is 11.6 Å². The first-order valence-corrected chi connectivity index (χ1v) is 5.70. The number of halogens is 1. The van der Waals surface area contributed by atoms with Gasteiger partial charge in [-0.2, -0.15) is 9.49 Å². The molecule has 0 fully saturated rings. The van der Waals surface area contributed by atoms with E-state index in [1.807, 2.05) is 0 Å². The van der Waals surface area contributed by atoms with E-state index in [2.05, 4.69) is 5.10 Å². The van der Waals surface area contributed by atoms with Gasteiger partial charge in [-0.05, 0) is 13.0 Å². The molecule has 1 aromatic carbocycles. The third-order valence-electron chi connectivity index (χ3n) is 2.71. The molecule has 1 aromatic heterocycles. The largest absolute Gasteiger partial charge is 0.477 e. The van der Waals surface area contributed by atoms with Crippen molar-refractivity contribution >= 4 is 11.7 Å². The van der Waals surface area contributed by atoms with Crippen LogP contribution >= 0.6 is 0 Å². The van der Waals surface area contributed by atoms with Crippen LogP contribution < -0.4 is 4.74 Å². The number of rotatable bonds is 4. The summed E-state index contributed by atoms with van der Waals surface area (Å²) < 4.78 is 20.0. The van der Waals surface area contributed by atoms with Crippen molar-refractivity contribution in [1.82, 2.24) is 9.78 Å². The van der Waals surface area contributed by atoms with Crippen LogP contribution in [0.15, 0.2) is 18.2 Å². The summed E-state index contributed by atoms with van der Waals surface area (Å²) in [5.74, 6) is -2.47. The number of carbonyl (C=O) groups is 1. The zero-order chi connectivity index (χ0) is 15.7. The topological polar surface area (TPSA) is 107 Å². The molecule has 0 unspecified atom stereocenters. The monoisotopic (exact) mass is 295 g/mol. The van der Waals surface area contributed by atoms with E-state index in [0.29, 0.717) is 0 Å². The summed E-state index contributed by atoms with van der Waals surface area (Å²) in [6.07, 6.45) is 0. The van der Waals surface area contributed by atoms with Gasteiger partial charge in [0.2, 0.25) is 11.7 Å². The third kappa shape index (κ3) is 2.66. The van der Waals surface area contributed by atoms with Crippen LogP contribution in [0.5, 0.6) is 11.6 Å². The molecule has 0 aliphatic heterocycles. The fraction of sp³-hybridized carbons (Fsp3) is 0.167. The summed E-state index contributed by atoms with van der Waals surface area (Å²) >= 11 is 0. The molecular weight excluding hydrogens is 285 g/mol. The third-order valence-corrected chi connectivity index (χ3v) is 2.71. The number of nitro benzene ring substituents is 1. The zero-order valence-corrected chi connectivity index (χ0v) is 11.0. The lowest BCUT2D eigenvalue weighted by Crippen LogP contribution is -2.02. The lowest BCUT2D eigenvalue weighted by atomic mass is 10.2. The van der Waals surface area contributed by atoms with Gasteiger partial charge in [0, 0.05) is 19.2 Å². The molecule has 0 spiro atoms. The smallest absolute Gasteiger partial charge is 0.343 e. The Labute approximate surface area is 117 Å². The second-order valence-electron chi connectivity index (χ2n) is 4.17. The molecule has 0 saturated heterocycles. The average molecular weight is 295 g/mol. The average Bonchev–Trinajstić information content (AvgIpc) is 2.63. The highest BCUT2D eigenvalue weighted by Crippen LogP contribution is 2.29. The van der Waals surface area contributed by atoms with Gasteiger partial charge in [0.25, 0.3) is 0 Å². The fourth-order valence-electron chi connectivity index (χ4n) is 1.81. The first kappa shape index (κ1) is 14.4. The minimum atomic E-state index is -1.24. The number of carboxylic acids is 1. The molecule has 0 saturated carbocycles. The highest BCUT2D eigenvalue weighted by molar-refractivity contribution is 5.91. The number of carboxylic acid groups (broad SMARTS) is 1. The molecule has 0 amide bonds. The minimum absolute atomic E-state index is 0.0661. The van der Waals surface area contributed by atoms with Gasteiger partial charge in [-0.1, -0.05) is 0 Å². The maximum absolute atomic E-state index is 13.5. The predicted molar refractivity (Wildman–Crippen MR) is 68.0 cm³/mol. The van der Waals surface area contributed by atoms with Crippen LogP contribution in [0.2, 0.25) is 0 Å². The maximum atomic E-state index is 13.5. The molecule has 9 heteroatoms. The molecule has 1 N–H and O–H groups in total. The van der Waals surface area contributed by atoms with Crippen LogP contribution in [0.3, 0.4) is 0 Å². The number of aromatic nitrogens is 2. The van der Waals surface area contributed by atoms with Crippen LogP contribution in [0.1, 0.15) is 16.1 Å². The molecule has 0 bridgehead atoms. The molecule has 2 aromatic rings. The summed E-state index contributed by atoms with van der Waals surface area (Å²) in [5.41, 5.74) is -0.611. The summed E-state index contributed by atoms with van der Waals surface area (Å²) in [6, 6.07) is 2.93. The summed E-state index contributed by atoms with van der Waals surface area (Å²) in [5, 5.41) is 23.5. The molecule has 1 heterocycles. The molecule has 0 aliphatic rings. The number of benzene rings is 1. The van der Waals surface area contributed by atoms with Crippen LogP contribution in [-0.4, -0.2) is 25.8 Å². The standard InChI is InChI=1S/C12H10FN3O5/c1-6-10(12(17)18)11(15(2)14-6)21-7-3-4-9(16(19)20)8(13)5-7/h3-5H,1-2H3,(H,17,18). The van der Waals surface area contributed by atoms with Crippen LogP contribution in [0, 0.1) is 22.9 Å². The Morgan fingerprint density at radius 3 is 2.71 bits per heavy atom. The molecular formula is C12H10FN3O5. The first-order valence-electron chi connectivity index (χ1n) is 5.70. The quantitative estimate of drug-likeness (QED) is 0.684. The minimum Gasteiger partial charge on any atom is -0.477 e. The van der Waals surface area contributed by atoms with Crippen molar-refractivity contribution in [1.29, 1.82) is 0 Å². The van der Waals surface area contributed by atoms with Crippen molar-refractivity contribution in [3.63, 3.8) is 0 Å². The van der Waals surface area contributed by atoms with Gasteiger partial charge in [0.1, 0.15) is 11.3 Å². The Morgan fingerprint density at radius 1 is 1.52 bits per heavy atom. The van der Waals surface area contributed by atoms with E-state index >= 15 is 0 Å². The van der Waals surface area contributed by atoms with Gasteiger partial charge >= 0.3 is 11.7 Å². The van der Waals surface area contributed by atoms with Crippen LogP contribution in [0.4, 0.5) is 10.1 Å². The molecule has 0 radical (unpaired) electrons. The van der Waals surface area contributed by atoms with Gasteiger partial charge in [0.05, 0.1) is 10.6 Å². The van der Waals surface area contributed by atoms with E-state index in [-0.39, 0.29) is 22.9 Å². The van der Waals surface area contributed by atoms with E-state index in [0.717, 1.165) is 12.1 Å². The molecule has 2 rings (SSSR count). The van der Waals surface area contributed by atoms with E-state index in [1.165, 1.54) is 24.7 Å². The SMILES string of the molecule is Cc1nn(C)c(Oc2ccc([N+](=O)[O-])c(F)c2)c1C(=O)O. The van der Waals surface area contributed by atoms with Gasteiger partial charge in [-0.25, -0.2) is 9.48 Å². The van der Waals surface area contributed by atoms with Gasteiger partial charge in [-0.15, -0.1) is 0 Å². The Bertz CT molecular complexity index is 741. The molecule has 21 heavy (non-hydrogen) atoms. The van der Waals surface area contributed by atoms with Crippen molar-refractivity contribution in [2.24, 2.45) is 7.05 Å². The maximum Gasteiger partial charge on any atom is 0.343 e. The Balaban J connectivity index is 2.41. The fourth-order valence-corrected chi connectivity index (χ4v) is 1.81. The molecule has 0 aliphatic carbocycles. The Morgan fingerprint density at radius 2 is 2.19 bits per heavy atom. The molecule has 0 atom stereocenters. The van der Waals surface area contributed by atoms with E-state index in [1.54, 1.807) is 0 Å². The van der Waals surface area contributed by atoms with E-state index < -0.39 is 22.4 Å². The Kier molecular flexibility index (Phi) is 3.57. The molecule has 110 valence electrons. The number of hydrogen-bond acceptors (Lipinski definition) is 5. The number of aromatic carboxylic acids is 1. The number of aryl methyl sites for hydroxylation is 2. The highest BCUT2D eigenvalue weighted by atomic mass is 19.1. The Hall–Kier alpha value is -2.97. The van der Waals surface area contributed by atoms with Crippen molar-refractivity contribution in [3.05, 3.63) is 45.4 Å². The normalized spacial score (nSPS) is 10.4. The molecule has 8 nitrogen and oxygen atoms in total. The van der Waals surface area contributed by atoms with E-state index in [9.17, 15) is 19.3 Å². The summed E-state index contributed by atoms with van der Waals surface area (Å²) in [6.45, 7) is 1.49. The van der Waals surface area contributed by atoms with Gasteiger partial charge in [-0.3, -0.25) is 10.1 Å². The van der Waals surface area contributed by atoms with Crippen molar-refractivity contribution in [2.75, 3.05) is 0 Å². The first-order chi connectivity index (χ1) is 9.81. The zero-order valence-electron chi connectivity index (χ0n) is 11.0. The van der Waals surface area contributed by atoms with Crippen LogP contribution in [0.25, 0.3) is 0 Å². The van der Waals surface area contributed by atoms with E-state index in [4.69, 9.17) is 9.84 Å². The van der Waals surface area contributed by atoms with Crippen LogP contribution in [-0.2, 0) is 7.05 Å².